The van der Waals surface area contributed by atoms with E-state index < -0.39 is 5.41 Å². The van der Waals surface area contributed by atoms with Gasteiger partial charge in [-0.3, -0.25) is 0 Å². The van der Waals surface area contributed by atoms with Crippen LogP contribution < -0.4 is 0 Å². The lowest BCUT2D eigenvalue weighted by Gasteiger charge is -2.34. The second-order valence-electron chi connectivity index (χ2n) is 17.9. The molecular weight excluding hydrogens is 857 g/mol. The summed E-state index contributed by atoms with van der Waals surface area (Å²) in [7, 11) is 0. The van der Waals surface area contributed by atoms with Crippen LogP contribution in [-0.4, -0.2) is 19.5 Å². The van der Waals surface area contributed by atoms with Crippen molar-refractivity contribution < 1.29 is 0 Å². The van der Waals surface area contributed by atoms with E-state index in [0.29, 0.717) is 17.5 Å². The van der Waals surface area contributed by atoms with Gasteiger partial charge in [-0.1, -0.05) is 188 Å². The molecule has 0 spiro atoms. The monoisotopic (exact) mass is 896 g/mol. The van der Waals surface area contributed by atoms with Crippen molar-refractivity contribution in [1.29, 1.82) is 0 Å². The smallest absolute Gasteiger partial charge is 0.164 e. The lowest BCUT2D eigenvalue weighted by atomic mass is 9.67. The first-order chi connectivity index (χ1) is 34.2. The van der Waals surface area contributed by atoms with E-state index in [1.807, 2.05) is 29.5 Å². The normalized spacial score (nSPS) is 12.8. The van der Waals surface area contributed by atoms with Crippen LogP contribution in [0.3, 0.4) is 0 Å². The molecule has 1 aliphatic rings. The molecule has 3 aromatic heterocycles. The molecule has 0 atom stereocenters. The maximum Gasteiger partial charge on any atom is 0.164 e. The lowest BCUT2D eigenvalue weighted by Crippen LogP contribution is -2.28. The predicted octanol–water partition coefficient (Wildman–Crippen LogP) is 16.4. The first kappa shape index (κ1) is 39.4. The van der Waals surface area contributed by atoms with Crippen molar-refractivity contribution in [2.24, 2.45) is 0 Å². The van der Waals surface area contributed by atoms with Crippen molar-refractivity contribution in [3.05, 3.63) is 265 Å². The molecule has 322 valence electrons. The molecule has 0 fully saturated rings. The van der Waals surface area contributed by atoms with Crippen LogP contribution in [0.1, 0.15) is 22.3 Å². The largest absolute Gasteiger partial charge is 0.309 e. The van der Waals surface area contributed by atoms with Crippen LogP contribution in [0.15, 0.2) is 243 Å². The van der Waals surface area contributed by atoms with Crippen LogP contribution in [0.25, 0.3) is 104 Å². The van der Waals surface area contributed by atoms with Gasteiger partial charge in [0.15, 0.2) is 17.5 Å². The van der Waals surface area contributed by atoms with E-state index in [-0.39, 0.29) is 0 Å². The Morgan fingerprint density at radius 1 is 0.333 bits per heavy atom. The predicted molar refractivity (Wildman–Crippen MR) is 286 cm³/mol. The van der Waals surface area contributed by atoms with E-state index in [0.717, 1.165) is 33.5 Å². The average molecular weight is 897 g/mol. The number of rotatable bonds is 7. The van der Waals surface area contributed by atoms with Crippen molar-refractivity contribution >= 4 is 53.3 Å². The third-order valence-electron chi connectivity index (χ3n) is 14.1. The van der Waals surface area contributed by atoms with Crippen LogP contribution >= 0.6 is 11.3 Å². The maximum atomic E-state index is 5.47. The maximum absolute atomic E-state index is 5.47. The van der Waals surface area contributed by atoms with Crippen molar-refractivity contribution in [2.45, 2.75) is 5.41 Å². The van der Waals surface area contributed by atoms with Gasteiger partial charge in [0, 0.05) is 53.3 Å². The zero-order chi connectivity index (χ0) is 45.5. The quantitative estimate of drug-likeness (QED) is 0.160. The number of thiophene rings is 1. The van der Waals surface area contributed by atoms with Crippen molar-refractivity contribution in [3.8, 4) is 62.1 Å². The summed E-state index contributed by atoms with van der Waals surface area (Å²) in [4.78, 5) is 16.1. The summed E-state index contributed by atoms with van der Waals surface area (Å²) in [5.74, 6) is 1.88. The highest BCUT2D eigenvalue weighted by molar-refractivity contribution is 7.26. The molecule has 0 aliphatic heterocycles. The summed E-state index contributed by atoms with van der Waals surface area (Å²) >= 11 is 1.82. The van der Waals surface area contributed by atoms with Gasteiger partial charge in [0.2, 0.25) is 0 Å². The Hall–Kier alpha value is -8.77. The second-order valence-corrected chi connectivity index (χ2v) is 19.0. The highest BCUT2D eigenvalue weighted by Gasteiger charge is 2.46. The molecule has 0 saturated heterocycles. The summed E-state index contributed by atoms with van der Waals surface area (Å²) in [6.07, 6.45) is 0. The fourth-order valence-corrected chi connectivity index (χ4v) is 12.3. The van der Waals surface area contributed by atoms with Crippen LogP contribution in [-0.2, 0) is 5.41 Å². The topological polar surface area (TPSA) is 43.6 Å². The van der Waals surface area contributed by atoms with E-state index >= 15 is 0 Å². The third kappa shape index (κ3) is 6.11. The van der Waals surface area contributed by atoms with Crippen molar-refractivity contribution in [2.75, 3.05) is 0 Å². The highest BCUT2D eigenvalue weighted by atomic mass is 32.1. The molecule has 0 N–H and O–H groups in total. The number of aromatic nitrogens is 4. The molecule has 5 heteroatoms. The zero-order valence-electron chi connectivity index (χ0n) is 37.3. The summed E-state index contributed by atoms with van der Waals surface area (Å²) < 4.78 is 4.80. The molecule has 10 aromatic carbocycles. The Balaban J connectivity index is 1.00. The SMILES string of the molecule is c1ccc(-c2nc(-c3ccc4c(c3)C(c3ccccc3)(c3ccccc3)c3ccccc3-4)nc(-c3cc(-c4ccc5c(c4)c4ccccc4n5-c4ccccc4)c4c(c3)sc3ccccc34)n2)cc1. The average Bonchev–Trinajstić information content (AvgIpc) is 4.07. The molecule has 0 unspecified atom stereocenters. The molecule has 0 amide bonds. The molecule has 0 radical (unpaired) electrons. The Morgan fingerprint density at radius 3 is 1.65 bits per heavy atom. The van der Waals surface area contributed by atoms with Gasteiger partial charge in [-0.25, -0.2) is 15.0 Å². The number of hydrogen-bond acceptors (Lipinski definition) is 4. The van der Waals surface area contributed by atoms with Crippen LogP contribution in [0.4, 0.5) is 0 Å². The number of fused-ring (bicyclic) bond motifs is 9. The number of benzene rings is 10. The third-order valence-corrected chi connectivity index (χ3v) is 15.2. The van der Waals surface area contributed by atoms with Crippen LogP contribution in [0.5, 0.6) is 0 Å². The second kappa shape index (κ2) is 15.7. The van der Waals surface area contributed by atoms with Gasteiger partial charge in [0.05, 0.1) is 16.4 Å². The Morgan fingerprint density at radius 2 is 0.899 bits per heavy atom. The first-order valence-electron chi connectivity index (χ1n) is 23.4. The number of para-hydroxylation sites is 2. The summed E-state index contributed by atoms with van der Waals surface area (Å²) in [6, 6.07) is 87.5. The molecule has 1 aliphatic carbocycles. The zero-order valence-corrected chi connectivity index (χ0v) is 38.1. The van der Waals surface area contributed by atoms with E-state index in [1.165, 1.54) is 75.4 Å². The standard InChI is InChI=1S/C64H40N4S/c1-5-19-41(20-6-1)61-65-62(43-33-35-49-48-27-13-16-30-54(48)64(55(49)39-43,45-21-7-2-8-22-45)46-23-9-3-10-24-46)67-63(66-61)44-38-52(60-51-29-15-18-32-58(51)69-59(60)40-44)42-34-36-57-53(37-42)50-28-14-17-31-56(50)68(57)47-25-11-4-12-26-47/h1-40H. The molecule has 0 bridgehead atoms. The minimum Gasteiger partial charge on any atom is -0.309 e. The van der Waals surface area contributed by atoms with Crippen molar-refractivity contribution in [1.82, 2.24) is 19.5 Å². The molecular formula is C64H40N4S. The highest BCUT2D eigenvalue weighted by Crippen LogP contribution is 2.56. The molecule has 69 heavy (non-hydrogen) atoms. The Bertz CT molecular complexity index is 4080. The van der Waals surface area contributed by atoms with E-state index in [1.54, 1.807) is 0 Å². The minimum atomic E-state index is -0.557. The van der Waals surface area contributed by atoms with Gasteiger partial charge in [-0.15, -0.1) is 11.3 Å². The summed E-state index contributed by atoms with van der Waals surface area (Å²) in [6.45, 7) is 0. The minimum absolute atomic E-state index is 0.557. The van der Waals surface area contributed by atoms with E-state index in [2.05, 4.69) is 229 Å². The van der Waals surface area contributed by atoms with Gasteiger partial charge in [0.1, 0.15) is 0 Å². The first-order valence-corrected chi connectivity index (χ1v) is 24.2. The van der Waals surface area contributed by atoms with Gasteiger partial charge < -0.3 is 4.57 Å². The Labute approximate surface area is 403 Å². The molecule has 13 aromatic rings. The van der Waals surface area contributed by atoms with Crippen LogP contribution in [0, 0.1) is 0 Å². The summed E-state index contributed by atoms with van der Waals surface area (Å²) in [5.41, 5.74) is 15.4. The molecule has 3 heterocycles. The fraction of sp³-hybridized carbons (Fsp3) is 0.0156. The van der Waals surface area contributed by atoms with E-state index in [9.17, 15) is 0 Å². The Kier molecular flexibility index (Phi) is 8.95. The van der Waals surface area contributed by atoms with Gasteiger partial charge in [0.25, 0.3) is 0 Å². The van der Waals surface area contributed by atoms with Crippen molar-refractivity contribution in [3.63, 3.8) is 0 Å². The molecule has 0 saturated carbocycles. The number of hydrogen-bond donors (Lipinski definition) is 0. The molecule has 14 rings (SSSR count). The lowest BCUT2D eigenvalue weighted by molar-refractivity contribution is 0.768. The van der Waals surface area contributed by atoms with Gasteiger partial charge >= 0.3 is 0 Å². The fourth-order valence-electron chi connectivity index (χ4n) is 11.1. The van der Waals surface area contributed by atoms with E-state index in [4.69, 9.17) is 15.0 Å². The van der Waals surface area contributed by atoms with Gasteiger partial charge in [-0.2, -0.15) is 0 Å². The summed E-state index contributed by atoms with van der Waals surface area (Å²) in [5, 5.41) is 4.90. The number of nitrogens with zero attached hydrogens (tertiary/aromatic N) is 4. The molecule has 4 nitrogen and oxygen atoms in total. The van der Waals surface area contributed by atoms with Gasteiger partial charge in [-0.05, 0) is 99.1 Å². The van der Waals surface area contributed by atoms with Crippen LogP contribution in [0.2, 0.25) is 0 Å².